The summed E-state index contributed by atoms with van der Waals surface area (Å²) in [4.78, 5) is 26.9. The molecule has 5 heteroatoms. The van der Waals surface area contributed by atoms with E-state index in [1.807, 2.05) is 42.5 Å². The van der Waals surface area contributed by atoms with Gasteiger partial charge >= 0.3 is 0 Å². The van der Waals surface area contributed by atoms with Gasteiger partial charge in [-0.05, 0) is 29.7 Å². The number of hydrogen-bond acceptors (Lipinski definition) is 3. The molecule has 136 valence electrons. The summed E-state index contributed by atoms with van der Waals surface area (Å²) in [7, 11) is 1.58. The lowest BCUT2D eigenvalue weighted by atomic mass is 10.0. The molecule has 26 heavy (non-hydrogen) atoms. The average molecular weight is 352 g/mol. The van der Waals surface area contributed by atoms with E-state index < -0.39 is 0 Å². The van der Waals surface area contributed by atoms with Gasteiger partial charge in [0.2, 0.25) is 11.8 Å². The number of carbonyl (C=O) groups is 2. The molecule has 1 saturated heterocycles. The van der Waals surface area contributed by atoms with Crippen LogP contribution in [0.4, 0.5) is 11.4 Å². The fraction of sp³-hybridized carbons (Fsp3) is 0.333. The molecule has 0 aliphatic carbocycles. The van der Waals surface area contributed by atoms with Gasteiger partial charge in [0.05, 0.1) is 13.0 Å². The number of nitrogens with one attached hydrogen (secondary N) is 1. The van der Waals surface area contributed by atoms with E-state index in [0.29, 0.717) is 23.9 Å². The molecule has 1 unspecified atom stereocenters. The predicted octanol–water partition coefficient (Wildman–Crippen LogP) is 3.81. The Bertz CT molecular complexity index is 816. The van der Waals surface area contributed by atoms with E-state index in [2.05, 4.69) is 19.2 Å². The van der Waals surface area contributed by atoms with Crippen molar-refractivity contribution in [1.29, 1.82) is 0 Å². The first-order valence-corrected chi connectivity index (χ1v) is 8.83. The molecule has 1 N–H and O–H groups in total. The molecule has 1 aliphatic rings. The minimum absolute atomic E-state index is 0.0103. The summed E-state index contributed by atoms with van der Waals surface area (Å²) < 4.78 is 5.18. The highest BCUT2D eigenvalue weighted by Crippen LogP contribution is 2.32. The van der Waals surface area contributed by atoms with Crippen LogP contribution in [0.1, 0.15) is 31.7 Å². The van der Waals surface area contributed by atoms with E-state index in [1.165, 1.54) is 0 Å². The van der Waals surface area contributed by atoms with Gasteiger partial charge in [-0.15, -0.1) is 0 Å². The highest BCUT2D eigenvalue weighted by Gasteiger charge is 2.36. The molecule has 1 aliphatic heterocycles. The van der Waals surface area contributed by atoms with Gasteiger partial charge in [-0.25, -0.2) is 0 Å². The maximum Gasteiger partial charge on any atom is 0.229 e. The van der Waals surface area contributed by atoms with Gasteiger partial charge in [-0.1, -0.05) is 38.1 Å². The van der Waals surface area contributed by atoms with E-state index in [4.69, 9.17) is 4.74 Å². The lowest BCUT2D eigenvalue weighted by Gasteiger charge is -2.22. The smallest absolute Gasteiger partial charge is 0.229 e. The molecule has 1 atom stereocenters. The quantitative estimate of drug-likeness (QED) is 0.890. The zero-order valence-corrected chi connectivity index (χ0v) is 15.4. The molecule has 0 aromatic heterocycles. The molecule has 0 saturated carbocycles. The molecule has 0 radical (unpaired) electrons. The van der Waals surface area contributed by atoms with Crippen LogP contribution in [0, 0.1) is 5.92 Å². The number of hydrogen-bond donors (Lipinski definition) is 1. The van der Waals surface area contributed by atoms with Crippen molar-refractivity contribution in [3.63, 3.8) is 0 Å². The monoisotopic (exact) mass is 352 g/mol. The van der Waals surface area contributed by atoms with E-state index in [1.54, 1.807) is 18.1 Å². The summed E-state index contributed by atoms with van der Waals surface area (Å²) in [6.07, 6.45) is 0.224. The van der Waals surface area contributed by atoms with Gasteiger partial charge in [0.15, 0.2) is 0 Å². The molecule has 1 fully saturated rings. The normalized spacial score (nSPS) is 16.8. The van der Waals surface area contributed by atoms with Crippen molar-refractivity contribution in [2.24, 2.45) is 5.92 Å². The SMILES string of the molecule is COc1cccc(NC(=O)C2CC(=O)N(c3ccccc3C(C)C)C2)c1. The van der Waals surface area contributed by atoms with Crippen molar-refractivity contribution in [1.82, 2.24) is 0 Å². The Morgan fingerprint density at radius 2 is 1.96 bits per heavy atom. The lowest BCUT2D eigenvalue weighted by molar-refractivity contribution is -0.122. The molecule has 0 bridgehead atoms. The number of amides is 2. The first-order valence-electron chi connectivity index (χ1n) is 8.83. The van der Waals surface area contributed by atoms with Crippen molar-refractivity contribution >= 4 is 23.2 Å². The number of carbonyl (C=O) groups excluding carboxylic acids is 2. The number of para-hydroxylation sites is 1. The van der Waals surface area contributed by atoms with E-state index in [-0.39, 0.29) is 24.2 Å². The number of nitrogens with zero attached hydrogens (tertiary/aromatic N) is 1. The average Bonchev–Trinajstić information content (AvgIpc) is 3.03. The summed E-state index contributed by atoms with van der Waals surface area (Å²) >= 11 is 0. The molecule has 3 rings (SSSR count). The van der Waals surface area contributed by atoms with Gasteiger partial charge in [0, 0.05) is 30.4 Å². The minimum Gasteiger partial charge on any atom is -0.497 e. The second-order valence-electron chi connectivity index (χ2n) is 6.84. The fourth-order valence-corrected chi connectivity index (χ4v) is 3.28. The Hall–Kier alpha value is -2.82. The van der Waals surface area contributed by atoms with Gasteiger partial charge in [0.1, 0.15) is 5.75 Å². The van der Waals surface area contributed by atoms with Gasteiger partial charge < -0.3 is 15.0 Å². The summed E-state index contributed by atoms with van der Waals surface area (Å²) in [5.41, 5.74) is 2.70. The van der Waals surface area contributed by atoms with Crippen LogP contribution in [0.25, 0.3) is 0 Å². The Kier molecular flexibility index (Phi) is 5.26. The maximum atomic E-state index is 12.6. The third kappa shape index (κ3) is 3.72. The van der Waals surface area contributed by atoms with Crippen LogP contribution in [0.2, 0.25) is 0 Å². The van der Waals surface area contributed by atoms with E-state index in [9.17, 15) is 9.59 Å². The van der Waals surface area contributed by atoms with Crippen molar-refractivity contribution in [3.8, 4) is 5.75 Å². The summed E-state index contributed by atoms with van der Waals surface area (Å²) in [6, 6.07) is 15.1. The molecule has 0 spiro atoms. The third-order valence-corrected chi connectivity index (χ3v) is 4.68. The van der Waals surface area contributed by atoms with Crippen molar-refractivity contribution in [2.45, 2.75) is 26.2 Å². The maximum absolute atomic E-state index is 12.6. The number of anilines is 2. The highest BCUT2D eigenvalue weighted by molar-refractivity contribution is 6.04. The molecule has 5 nitrogen and oxygen atoms in total. The molecular weight excluding hydrogens is 328 g/mol. The number of ether oxygens (including phenoxy) is 1. The summed E-state index contributed by atoms with van der Waals surface area (Å²) in [6.45, 7) is 4.61. The standard InChI is InChI=1S/C21H24N2O3/c1-14(2)18-9-4-5-10-19(18)23-13-15(11-20(23)24)21(25)22-16-7-6-8-17(12-16)26-3/h4-10,12,14-15H,11,13H2,1-3H3,(H,22,25). The predicted molar refractivity (Wildman–Crippen MR) is 103 cm³/mol. The van der Waals surface area contributed by atoms with Crippen LogP contribution in [0.5, 0.6) is 5.75 Å². The third-order valence-electron chi connectivity index (χ3n) is 4.68. The van der Waals surface area contributed by atoms with Crippen LogP contribution in [0.15, 0.2) is 48.5 Å². The Morgan fingerprint density at radius 3 is 2.69 bits per heavy atom. The van der Waals surface area contributed by atoms with Crippen LogP contribution in [-0.2, 0) is 9.59 Å². The second kappa shape index (κ2) is 7.60. The largest absolute Gasteiger partial charge is 0.497 e. The number of benzene rings is 2. The second-order valence-corrected chi connectivity index (χ2v) is 6.84. The van der Waals surface area contributed by atoms with E-state index in [0.717, 1.165) is 11.3 Å². The zero-order valence-electron chi connectivity index (χ0n) is 15.4. The first kappa shape index (κ1) is 18.0. The van der Waals surface area contributed by atoms with Gasteiger partial charge in [-0.3, -0.25) is 9.59 Å². The minimum atomic E-state index is -0.367. The highest BCUT2D eigenvalue weighted by atomic mass is 16.5. The van der Waals surface area contributed by atoms with Crippen molar-refractivity contribution in [3.05, 3.63) is 54.1 Å². The lowest BCUT2D eigenvalue weighted by Crippen LogP contribution is -2.28. The fourth-order valence-electron chi connectivity index (χ4n) is 3.28. The Labute approximate surface area is 154 Å². The zero-order chi connectivity index (χ0) is 18.7. The molecular formula is C21H24N2O3. The van der Waals surface area contributed by atoms with Gasteiger partial charge in [-0.2, -0.15) is 0 Å². The molecule has 2 amide bonds. The van der Waals surface area contributed by atoms with Gasteiger partial charge in [0.25, 0.3) is 0 Å². The molecule has 1 heterocycles. The Morgan fingerprint density at radius 1 is 1.19 bits per heavy atom. The Balaban J connectivity index is 1.74. The molecule has 2 aromatic carbocycles. The number of rotatable bonds is 5. The van der Waals surface area contributed by atoms with Crippen LogP contribution in [0.3, 0.4) is 0 Å². The van der Waals surface area contributed by atoms with Crippen LogP contribution >= 0.6 is 0 Å². The summed E-state index contributed by atoms with van der Waals surface area (Å²) in [5.74, 6) is 0.468. The first-order chi connectivity index (χ1) is 12.5. The van der Waals surface area contributed by atoms with Crippen molar-refractivity contribution < 1.29 is 14.3 Å². The van der Waals surface area contributed by atoms with Crippen molar-refractivity contribution in [2.75, 3.05) is 23.9 Å². The summed E-state index contributed by atoms with van der Waals surface area (Å²) in [5, 5.41) is 2.89. The van der Waals surface area contributed by atoms with Crippen LogP contribution < -0.4 is 15.0 Å². The topological polar surface area (TPSA) is 58.6 Å². The van der Waals surface area contributed by atoms with E-state index >= 15 is 0 Å². The molecule has 2 aromatic rings. The van der Waals surface area contributed by atoms with Crippen LogP contribution in [-0.4, -0.2) is 25.5 Å². The number of methoxy groups -OCH3 is 1.